The average molecular weight is 179 g/mol. The van der Waals surface area contributed by atoms with Gasteiger partial charge in [-0.1, -0.05) is 0 Å². The van der Waals surface area contributed by atoms with Crippen LogP contribution in [0.1, 0.15) is 0 Å². The van der Waals surface area contributed by atoms with Gasteiger partial charge in [-0.3, -0.25) is 0 Å². The molecule has 0 fully saturated rings. The van der Waals surface area contributed by atoms with Crippen LogP contribution in [0, 0.1) is 0 Å². The minimum Gasteiger partial charge on any atom is 0 e. The molecule has 0 unspecified atom stereocenters. The second-order valence-corrected chi connectivity index (χ2v) is 0. The van der Waals surface area contributed by atoms with E-state index in [1.54, 1.807) is 0 Å². The summed E-state index contributed by atoms with van der Waals surface area (Å²) < 4.78 is 0. The largest absolute Gasteiger partial charge is 0 e. The first-order valence-electron chi connectivity index (χ1n) is 0. The number of hydrogen-bond acceptors (Lipinski definition) is 0. The average Bonchev–Trinajstić information content (AvgIpc) is 0. The van der Waals surface area contributed by atoms with Crippen molar-refractivity contribution in [3.05, 3.63) is 0 Å². The Morgan fingerprint density at radius 1 is 1.00 bits per heavy atom. The molecular weight excluding hydrogens is 179 g/mol. The van der Waals surface area contributed by atoms with Crippen molar-refractivity contribution in [3.8, 4) is 0 Å². The molecule has 0 saturated heterocycles. The normalized spacial score (nSPS) is 0. The van der Waals surface area contributed by atoms with Crippen LogP contribution in [-0.4, -0.2) is 48.5 Å². The van der Waals surface area contributed by atoms with Crippen LogP contribution in [0.15, 0.2) is 0 Å². The third-order valence-corrected chi connectivity index (χ3v) is 0. The third-order valence-electron chi connectivity index (χ3n) is 0. The summed E-state index contributed by atoms with van der Waals surface area (Å²) in [4.78, 5) is 0. The fourth-order valence-corrected chi connectivity index (χ4v) is 0. The Kier molecular flexibility index (Phi) is 191. The molecule has 0 aromatic rings. The van der Waals surface area contributed by atoms with Gasteiger partial charge in [0.15, 0.2) is 0 Å². The molecule has 4 heavy (non-hydrogen) atoms. The maximum Gasteiger partial charge on any atom is 0 e. The molecule has 0 heterocycles. The third kappa shape index (κ3) is 9.02. The van der Waals surface area contributed by atoms with Gasteiger partial charge in [0.05, 0.1) is 0 Å². The van der Waals surface area contributed by atoms with Gasteiger partial charge in [0.2, 0.25) is 0 Å². The Labute approximate surface area is 67.4 Å². The van der Waals surface area contributed by atoms with Gasteiger partial charge in [-0.25, -0.2) is 0 Å². The molecule has 0 atom stereocenters. The summed E-state index contributed by atoms with van der Waals surface area (Å²) in [5.74, 6) is 0. The van der Waals surface area contributed by atoms with Crippen LogP contribution in [0.5, 0.6) is 0 Å². The van der Waals surface area contributed by atoms with Crippen LogP contribution >= 0.6 is 0 Å². The Morgan fingerprint density at radius 3 is 1.00 bits per heavy atom. The fourth-order valence-electron chi connectivity index (χ4n) is 0. The second-order valence-electron chi connectivity index (χ2n) is 0. The van der Waals surface area contributed by atoms with E-state index >= 15 is 0 Å². The molecule has 0 aliphatic rings. The molecule has 0 bridgehead atoms. The molecule has 0 aliphatic carbocycles. The van der Waals surface area contributed by atoms with E-state index in [1.807, 2.05) is 0 Å². The van der Waals surface area contributed by atoms with Gasteiger partial charge in [0, 0.05) is 68.0 Å². The van der Waals surface area contributed by atoms with Crippen LogP contribution < -0.4 is 0 Å². The van der Waals surface area contributed by atoms with Crippen LogP contribution in [0.2, 0.25) is 0 Å². The van der Waals surface area contributed by atoms with Crippen LogP contribution in [0.25, 0.3) is 0 Å². The van der Waals surface area contributed by atoms with E-state index in [4.69, 9.17) is 0 Å². The van der Waals surface area contributed by atoms with Gasteiger partial charge in [-0.15, -0.1) is 0 Å². The summed E-state index contributed by atoms with van der Waals surface area (Å²) in [6, 6.07) is 0. The minimum absolute atomic E-state index is 0. The molecule has 0 amide bonds. The smallest absolute Gasteiger partial charge is 0 e. The second kappa shape index (κ2) is 20.2. The molecule has 0 aliphatic heterocycles. The van der Waals surface area contributed by atoms with Crippen molar-refractivity contribution in [2.24, 2.45) is 0 Å². The zero-order valence-corrected chi connectivity index (χ0v) is 8.49. The van der Waals surface area contributed by atoms with Gasteiger partial charge in [-0.2, -0.15) is 0 Å². The van der Waals surface area contributed by atoms with Crippen molar-refractivity contribution >= 4 is 48.5 Å². The minimum atomic E-state index is 0. The summed E-state index contributed by atoms with van der Waals surface area (Å²) in [6.45, 7) is 0. The Bertz CT molecular complexity index is 8.00. The molecule has 4 heteroatoms. The van der Waals surface area contributed by atoms with E-state index in [1.165, 1.54) is 0 Å². The van der Waals surface area contributed by atoms with Gasteiger partial charge in [0.25, 0.3) is 0 Å². The maximum atomic E-state index is 0. The van der Waals surface area contributed by atoms with Gasteiger partial charge in [0.1, 0.15) is 0 Å². The van der Waals surface area contributed by atoms with E-state index in [0.717, 1.165) is 0 Å². The number of rotatable bonds is 0. The van der Waals surface area contributed by atoms with E-state index in [-0.39, 0.29) is 68.0 Å². The summed E-state index contributed by atoms with van der Waals surface area (Å²) >= 11 is 0. The Hall–Kier alpha value is 1.97. The zero-order chi connectivity index (χ0) is 0. The van der Waals surface area contributed by atoms with Crippen molar-refractivity contribution < 1.29 is 19.5 Å². The van der Waals surface area contributed by atoms with E-state index in [2.05, 4.69) is 0 Å². The maximum absolute atomic E-state index is 0. The number of hydrogen-bond donors (Lipinski definition) is 0. The molecule has 0 rings (SSSR count). The monoisotopic (exact) mass is 179 g/mol. The molecule has 0 N–H and O–H groups in total. The predicted octanol–water partition coefficient (Wildman–Crippen LogP) is -1.14. The first kappa shape index (κ1) is 37.9. The Morgan fingerprint density at radius 2 is 1.00 bits per heavy atom. The quantitative estimate of drug-likeness (QED) is 0.412. The molecule has 13 valence electrons. The van der Waals surface area contributed by atoms with Crippen molar-refractivity contribution in [1.29, 1.82) is 0 Å². The SMILES string of the molecule is [B].[Mg].[Se].[Zn]. The summed E-state index contributed by atoms with van der Waals surface area (Å²) in [6.07, 6.45) is 0. The van der Waals surface area contributed by atoms with E-state index in [0.29, 0.717) is 0 Å². The molecule has 0 saturated carbocycles. The standard InChI is InChI=1S/B.Mg.Se.Zn. The molecule has 0 aromatic heterocycles. The molecule has 0 spiro atoms. The van der Waals surface area contributed by atoms with Crippen LogP contribution in [-0.2, 0) is 19.5 Å². The van der Waals surface area contributed by atoms with Crippen molar-refractivity contribution in [1.82, 2.24) is 0 Å². The van der Waals surface area contributed by atoms with Crippen molar-refractivity contribution in [3.63, 3.8) is 0 Å². The zero-order valence-electron chi connectivity index (χ0n) is 2.40. The summed E-state index contributed by atoms with van der Waals surface area (Å²) in [5, 5.41) is 0. The van der Waals surface area contributed by atoms with Crippen molar-refractivity contribution in [2.75, 3.05) is 0 Å². The topological polar surface area (TPSA) is 0 Å². The van der Waals surface area contributed by atoms with Gasteiger partial charge < -0.3 is 0 Å². The first-order valence-corrected chi connectivity index (χ1v) is 0. The molecule has 0 nitrogen and oxygen atoms in total. The van der Waals surface area contributed by atoms with E-state index in [9.17, 15) is 0 Å². The van der Waals surface area contributed by atoms with Crippen LogP contribution in [0.4, 0.5) is 0 Å². The molecule has 0 aromatic carbocycles. The molecular formula is BMgSeZn. The van der Waals surface area contributed by atoms with E-state index < -0.39 is 0 Å². The molecule has 7 radical (unpaired) electrons. The van der Waals surface area contributed by atoms with Crippen molar-refractivity contribution in [2.45, 2.75) is 0 Å². The summed E-state index contributed by atoms with van der Waals surface area (Å²) in [5.41, 5.74) is 0. The first-order chi connectivity index (χ1) is 0. The van der Waals surface area contributed by atoms with Crippen LogP contribution in [0.3, 0.4) is 0 Å². The van der Waals surface area contributed by atoms with Gasteiger partial charge >= 0.3 is 0 Å². The predicted molar refractivity (Wildman–Crippen MR) is 17.3 cm³/mol. The van der Waals surface area contributed by atoms with Gasteiger partial charge in [-0.05, 0) is 0 Å². The Balaban J connectivity index is 0. The fraction of sp³-hybridized carbons (Fsp3) is 0. The summed E-state index contributed by atoms with van der Waals surface area (Å²) in [7, 11) is 0.